The number of rotatable bonds is 4. The molecule has 0 aromatic heterocycles. The molecule has 0 aliphatic carbocycles. The van der Waals surface area contributed by atoms with Gasteiger partial charge in [-0.3, -0.25) is 4.55 Å². The lowest BCUT2D eigenvalue weighted by molar-refractivity contribution is 0.502. The zero-order chi connectivity index (χ0) is 8.20. The van der Waals surface area contributed by atoms with E-state index >= 15 is 0 Å². The molecule has 0 aliphatic rings. The Morgan fingerprint density at radius 2 is 2.20 bits per heavy atom. The molecular formula is C4H11NO3S2. The van der Waals surface area contributed by atoms with Crippen LogP contribution in [0.5, 0.6) is 0 Å². The summed E-state index contributed by atoms with van der Waals surface area (Å²) in [6, 6.07) is 0. The van der Waals surface area contributed by atoms with E-state index in [1.165, 1.54) is 0 Å². The third kappa shape index (κ3) is 6.34. The monoisotopic (exact) mass is 185 g/mol. The highest BCUT2D eigenvalue weighted by Crippen LogP contribution is 2.16. The summed E-state index contributed by atoms with van der Waals surface area (Å²) >= 11 is 0. The van der Waals surface area contributed by atoms with Crippen molar-refractivity contribution in [2.24, 2.45) is 5.73 Å². The molecule has 0 amide bonds. The van der Waals surface area contributed by atoms with Gasteiger partial charge in [0.1, 0.15) is 0 Å². The van der Waals surface area contributed by atoms with Crippen molar-refractivity contribution < 1.29 is 13.0 Å². The Bertz CT molecular complexity index is 177. The second kappa shape index (κ2) is 4.17. The summed E-state index contributed by atoms with van der Waals surface area (Å²) in [4.78, 5) is 0. The SMILES string of the molecule is CCCC(N)SS(=O)(=O)O. The first kappa shape index (κ1) is 10.2. The van der Waals surface area contributed by atoms with Crippen LogP contribution < -0.4 is 5.73 Å². The highest BCUT2D eigenvalue weighted by molar-refractivity contribution is 8.70. The third-order valence-corrected chi connectivity index (χ3v) is 3.02. The maximum Gasteiger partial charge on any atom is 0.321 e. The Morgan fingerprint density at radius 1 is 1.70 bits per heavy atom. The number of hydrogen-bond donors (Lipinski definition) is 2. The molecule has 1 unspecified atom stereocenters. The van der Waals surface area contributed by atoms with Gasteiger partial charge in [-0.25, -0.2) is 0 Å². The number of hydrogen-bond acceptors (Lipinski definition) is 4. The molecular weight excluding hydrogens is 174 g/mol. The van der Waals surface area contributed by atoms with E-state index in [4.69, 9.17) is 10.3 Å². The Hall–Kier alpha value is 0.220. The fraction of sp³-hybridized carbons (Fsp3) is 1.00. The largest absolute Gasteiger partial charge is 0.321 e. The fourth-order valence-corrected chi connectivity index (χ4v) is 2.36. The van der Waals surface area contributed by atoms with Crippen molar-refractivity contribution >= 4 is 19.9 Å². The molecule has 0 heterocycles. The van der Waals surface area contributed by atoms with Crippen LogP contribution in [0.25, 0.3) is 0 Å². The molecule has 0 radical (unpaired) electrons. The molecule has 1 atom stereocenters. The minimum atomic E-state index is -3.95. The van der Waals surface area contributed by atoms with E-state index in [-0.39, 0.29) is 0 Å². The predicted molar refractivity (Wildman–Crippen MR) is 42.0 cm³/mol. The van der Waals surface area contributed by atoms with Gasteiger partial charge in [0.25, 0.3) is 0 Å². The second-order valence-electron chi connectivity index (χ2n) is 1.85. The molecule has 0 aromatic rings. The van der Waals surface area contributed by atoms with Crippen molar-refractivity contribution in [1.82, 2.24) is 0 Å². The minimum Gasteiger partial charge on any atom is -0.318 e. The topological polar surface area (TPSA) is 80.4 Å². The molecule has 0 fully saturated rings. The summed E-state index contributed by atoms with van der Waals surface area (Å²) < 4.78 is 28.6. The van der Waals surface area contributed by atoms with E-state index in [0.29, 0.717) is 17.2 Å². The van der Waals surface area contributed by atoms with Crippen molar-refractivity contribution in [2.75, 3.05) is 0 Å². The highest BCUT2D eigenvalue weighted by atomic mass is 33.1. The van der Waals surface area contributed by atoms with Gasteiger partial charge in [0.2, 0.25) is 0 Å². The Kier molecular flexibility index (Phi) is 4.26. The van der Waals surface area contributed by atoms with Gasteiger partial charge in [0, 0.05) is 10.8 Å². The minimum absolute atomic E-state index is 0.387. The molecule has 62 valence electrons. The Labute approximate surface area is 64.3 Å². The predicted octanol–water partition coefficient (Wildman–Crippen LogP) is 0.607. The van der Waals surface area contributed by atoms with Crippen LogP contribution in [0.2, 0.25) is 0 Å². The van der Waals surface area contributed by atoms with Crippen LogP contribution in [0.4, 0.5) is 0 Å². The van der Waals surface area contributed by atoms with Crippen LogP contribution in [0, 0.1) is 0 Å². The van der Waals surface area contributed by atoms with Crippen molar-refractivity contribution in [3.05, 3.63) is 0 Å². The first-order chi connectivity index (χ1) is 4.45. The van der Waals surface area contributed by atoms with Gasteiger partial charge < -0.3 is 5.73 Å². The standard InChI is InChI=1S/C4H11NO3S2/c1-2-3-4(5)9-10(6,7)8/h4H,2-3,5H2,1H3,(H,6,7,8). The third-order valence-electron chi connectivity index (χ3n) is 0.818. The zero-order valence-corrected chi connectivity index (χ0v) is 7.28. The van der Waals surface area contributed by atoms with E-state index in [9.17, 15) is 8.42 Å². The van der Waals surface area contributed by atoms with Gasteiger partial charge in [-0.1, -0.05) is 13.3 Å². The van der Waals surface area contributed by atoms with Gasteiger partial charge in [-0.2, -0.15) is 8.42 Å². The van der Waals surface area contributed by atoms with Gasteiger partial charge >= 0.3 is 9.15 Å². The van der Waals surface area contributed by atoms with E-state index in [0.717, 1.165) is 6.42 Å². The summed E-state index contributed by atoms with van der Waals surface area (Å²) in [5.41, 5.74) is 5.29. The van der Waals surface area contributed by atoms with E-state index in [1.807, 2.05) is 6.92 Å². The van der Waals surface area contributed by atoms with Crippen molar-refractivity contribution in [3.63, 3.8) is 0 Å². The molecule has 4 nitrogen and oxygen atoms in total. The molecule has 0 saturated carbocycles. The molecule has 0 rings (SSSR count). The van der Waals surface area contributed by atoms with Gasteiger partial charge in [0.15, 0.2) is 0 Å². The van der Waals surface area contributed by atoms with Crippen molar-refractivity contribution in [3.8, 4) is 0 Å². The highest BCUT2D eigenvalue weighted by Gasteiger charge is 2.11. The lowest BCUT2D eigenvalue weighted by Crippen LogP contribution is -2.17. The summed E-state index contributed by atoms with van der Waals surface area (Å²) in [7, 11) is -3.57. The smallest absolute Gasteiger partial charge is 0.318 e. The van der Waals surface area contributed by atoms with Crippen LogP contribution >= 0.6 is 10.8 Å². The number of nitrogens with two attached hydrogens (primary N) is 1. The van der Waals surface area contributed by atoms with E-state index in [2.05, 4.69) is 0 Å². The van der Waals surface area contributed by atoms with Crippen LogP contribution in [0.3, 0.4) is 0 Å². The molecule has 10 heavy (non-hydrogen) atoms. The summed E-state index contributed by atoms with van der Waals surface area (Å²) in [5, 5.41) is -0.514. The van der Waals surface area contributed by atoms with Gasteiger partial charge in [-0.05, 0) is 6.42 Å². The van der Waals surface area contributed by atoms with Crippen molar-refractivity contribution in [1.29, 1.82) is 0 Å². The first-order valence-corrected chi connectivity index (χ1v) is 5.70. The summed E-state index contributed by atoms with van der Waals surface area (Å²) in [5.74, 6) is 0. The molecule has 0 spiro atoms. The van der Waals surface area contributed by atoms with Crippen LogP contribution in [-0.4, -0.2) is 18.3 Å². The van der Waals surface area contributed by atoms with Crippen LogP contribution in [0.15, 0.2) is 0 Å². The Morgan fingerprint density at radius 3 is 2.50 bits per heavy atom. The average molecular weight is 185 g/mol. The molecule has 0 aliphatic heterocycles. The molecule has 3 N–H and O–H groups in total. The molecule has 0 saturated heterocycles. The zero-order valence-electron chi connectivity index (χ0n) is 5.65. The second-order valence-corrected chi connectivity index (χ2v) is 5.35. The summed E-state index contributed by atoms with van der Waals surface area (Å²) in [6.07, 6.45) is 1.40. The molecule has 6 heteroatoms. The normalized spacial score (nSPS) is 15.1. The molecule has 0 bridgehead atoms. The van der Waals surface area contributed by atoms with Crippen molar-refractivity contribution in [2.45, 2.75) is 25.1 Å². The van der Waals surface area contributed by atoms with Crippen LogP contribution in [-0.2, 0) is 9.15 Å². The Balaban J connectivity index is 3.69. The quantitative estimate of drug-likeness (QED) is 0.381. The van der Waals surface area contributed by atoms with Gasteiger partial charge in [0.05, 0.1) is 5.37 Å². The summed E-state index contributed by atoms with van der Waals surface area (Å²) in [6.45, 7) is 1.89. The van der Waals surface area contributed by atoms with E-state index in [1.54, 1.807) is 0 Å². The molecule has 0 aromatic carbocycles. The lowest BCUT2D eigenvalue weighted by atomic mass is 10.3. The fourth-order valence-electron chi connectivity index (χ4n) is 0.489. The lowest BCUT2D eigenvalue weighted by Gasteiger charge is -2.04. The maximum atomic E-state index is 10.2. The first-order valence-electron chi connectivity index (χ1n) is 2.87. The van der Waals surface area contributed by atoms with Gasteiger partial charge in [-0.15, -0.1) is 0 Å². The van der Waals surface area contributed by atoms with Crippen LogP contribution in [0.1, 0.15) is 19.8 Å². The average Bonchev–Trinajstić information content (AvgIpc) is 1.59. The maximum absolute atomic E-state index is 10.2. The van der Waals surface area contributed by atoms with E-state index < -0.39 is 14.5 Å².